The molecule has 4 rings (SSSR count). The van der Waals surface area contributed by atoms with Crippen molar-refractivity contribution in [2.24, 2.45) is 0 Å². The predicted molar refractivity (Wildman–Crippen MR) is 99.1 cm³/mol. The number of hydrogen-bond donors (Lipinski definition) is 1. The van der Waals surface area contributed by atoms with Crippen molar-refractivity contribution in [1.82, 2.24) is 15.1 Å². The molecule has 0 unspecified atom stereocenters. The number of aromatic nitrogens is 3. The summed E-state index contributed by atoms with van der Waals surface area (Å²) in [5.41, 5.74) is -0.228. The lowest BCUT2D eigenvalue weighted by atomic mass is 10.1. The summed E-state index contributed by atoms with van der Waals surface area (Å²) in [6.45, 7) is 1.59. The molecule has 152 valence electrons. The summed E-state index contributed by atoms with van der Waals surface area (Å²) in [5.74, 6) is -1.22. The third-order valence-electron chi connectivity index (χ3n) is 4.32. The molecule has 0 aliphatic rings. The quantitative estimate of drug-likeness (QED) is 0.475. The molecule has 0 bridgehead atoms. The molecule has 2 aromatic carbocycles. The van der Waals surface area contributed by atoms with Crippen molar-refractivity contribution < 1.29 is 26.9 Å². The highest BCUT2D eigenvalue weighted by Crippen LogP contribution is 2.32. The van der Waals surface area contributed by atoms with Gasteiger partial charge in [0.05, 0.1) is 17.3 Å². The van der Waals surface area contributed by atoms with Crippen LogP contribution in [0.25, 0.3) is 22.3 Å². The second-order valence-electron chi connectivity index (χ2n) is 6.44. The van der Waals surface area contributed by atoms with Gasteiger partial charge in [0.15, 0.2) is 5.82 Å². The Labute approximate surface area is 166 Å². The molecule has 0 fully saturated rings. The SMILES string of the molecule is Cc1oncc1C(=O)Nc1ccc2cnc(-c3cc(F)cc(C(F)(F)F)c3)nc2c1. The number of rotatable bonds is 3. The van der Waals surface area contributed by atoms with Gasteiger partial charge in [0.1, 0.15) is 17.1 Å². The van der Waals surface area contributed by atoms with Crippen LogP contribution in [0.3, 0.4) is 0 Å². The first-order valence-electron chi connectivity index (χ1n) is 8.58. The molecule has 6 nitrogen and oxygen atoms in total. The van der Waals surface area contributed by atoms with Crippen molar-refractivity contribution in [3.63, 3.8) is 0 Å². The molecule has 0 atom stereocenters. The summed E-state index contributed by atoms with van der Waals surface area (Å²) in [7, 11) is 0. The van der Waals surface area contributed by atoms with Crippen LogP contribution in [0.1, 0.15) is 21.7 Å². The Morgan fingerprint density at radius 2 is 1.90 bits per heavy atom. The first kappa shape index (κ1) is 19.5. The highest BCUT2D eigenvalue weighted by molar-refractivity contribution is 6.05. The fourth-order valence-corrected chi connectivity index (χ4v) is 2.84. The van der Waals surface area contributed by atoms with E-state index in [4.69, 9.17) is 4.52 Å². The molecule has 0 saturated heterocycles. The number of nitrogens with zero attached hydrogens (tertiary/aromatic N) is 3. The molecule has 2 heterocycles. The number of benzene rings is 2. The van der Waals surface area contributed by atoms with Gasteiger partial charge in [-0.25, -0.2) is 14.4 Å². The van der Waals surface area contributed by atoms with Gasteiger partial charge in [-0.05, 0) is 43.3 Å². The number of alkyl halides is 3. The monoisotopic (exact) mass is 416 g/mol. The van der Waals surface area contributed by atoms with Crippen molar-refractivity contribution in [3.05, 3.63) is 71.5 Å². The second kappa shape index (κ2) is 7.21. The van der Waals surface area contributed by atoms with Gasteiger partial charge in [0.2, 0.25) is 0 Å². The van der Waals surface area contributed by atoms with Crippen LogP contribution >= 0.6 is 0 Å². The molecule has 4 aromatic rings. The topological polar surface area (TPSA) is 80.9 Å². The lowest BCUT2D eigenvalue weighted by Gasteiger charge is -2.10. The van der Waals surface area contributed by atoms with Crippen molar-refractivity contribution in [1.29, 1.82) is 0 Å². The molecule has 10 heteroatoms. The second-order valence-corrected chi connectivity index (χ2v) is 6.44. The van der Waals surface area contributed by atoms with Gasteiger partial charge in [-0.3, -0.25) is 4.79 Å². The van der Waals surface area contributed by atoms with Gasteiger partial charge in [-0.2, -0.15) is 13.2 Å². The van der Waals surface area contributed by atoms with Crippen LogP contribution in [0.5, 0.6) is 0 Å². The number of aryl methyl sites for hydroxylation is 1. The number of hydrogen-bond acceptors (Lipinski definition) is 5. The molecule has 0 saturated carbocycles. The van der Waals surface area contributed by atoms with Crippen molar-refractivity contribution in [2.75, 3.05) is 5.32 Å². The maximum atomic E-state index is 13.7. The van der Waals surface area contributed by atoms with E-state index in [-0.39, 0.29) is 17.0 Å². The number of halogens is 4. The van der Waals surface area contributed by atoms with Crippen LogP contribution in [-0.2, 0) is 6.18 Å². The number of carbonyl (C=O) groups is 1. The largest absolute Gasteiger partial charge is 0.416 e. The van der Waals surface area contributed by atoms with Crippen molar-refractivity contribution >= 4 is 22.5 Å². The Bertz CT molecular complexity index is 1270. The van der Waals surface area contributed by atoms with Crippen LogP contribution in [0, 0.1) is 12.7 Å². The van der Waals surface area contributed by atoms with Crippen LogP contribution in [0.4, 0.5) is 23.2 Å². The number of amides is 1. The fourth-order valence-electron chi connectivity index (χ4n) is 2.84. The molecule has 0 spiro atoms. The van der Waals surface area contributed by atoms with Gasteiger partial charge in [0.25, 0.3) is 5.91 Å². The molecule has 0 radical (unpaired) electrons. The van der Waals surface area contributed by atoms with Gasteiger partial charge in [-0.15, -0.1) is 0 Å². The zero-order valence-corrected chi connectivity index (χ0v) is 15.3. The number of fused-ring (bicyclic) bond motifs is 1. The van der Waals surface area contributed by atoms with E-state index in [0.717, 1.165) is 12.1 Å². The first-order chi connectivity index (χ1) is 14.2. The molecule has 0 aliphatic carbocycles. The minimum absolute atomic E-state index is 0.0779. The van der Waals surface area contributed by atoms with E-state index < -0.39 is 23.5 Å². The lowest BCUT2D eigenvalue weighted by molar-refractivity contribution is -0.137. The third-order valence-corrected chi connectivity index (χ3v) is 4.32. The van der Waals surface area contributed by atoms with Crippen LogP contribution in [-0.4, -0.2) is 21.0 Å². The van der Waals surface area contributed by atoms with E-state index >= 15 is 0 Å². The highest BCUT2D eigenvalue weighted by atomic mass is 19.4. The van der Waals surface area contributed by atoms with Crippen molar-refractivity contribution in [2.45, 2.75) is 13.1 Å². The average Bonchev–Trinajstić information content (AvgIpc) is 3.12. The average molecular weight is 416 g/mol. The van der Waals surface area contributed by atoms with E-state index in [1.54, 1.807) is 19.1 Å². The molecule has 30 heavy (non-hydrogen) atoms. The number of nitrogens with one attached hydrogen (secondary N) is 1. The predicted octanol–water partition coefficient (Wildman–Crippen LogP) is 5.00. The molecule has 1 amide bonds. The Hall–Kier alpha value is -3.82. The normalized spacial score (nSPS) is 11.6. The van der Waals surface area contributed by atoms with E-state index in [0.29, 0.717) is 28.4 Å². The Balaban J connectivity index is 1.70. The first-order valence-corrected chi connectivity index (χ1v) is 8.58. The maximum absolute atomic E-state index is 13.7. The third kappa shape index (κ3) is 3.84. The van der Waals surface area contributed by atoms with E-state index in [9.17, 15) is 22.4 Å². The Morgan fingerprint density at radius 1 is 1.10 bits per heavy atom. The zero-order valence-electron chi connectivity index (χ0n) is 15.3. The zero-order chi connectivity index (χ0) is 21.5. The summed E-state index contributed by atoms with van der Waals surface area (Å²) < 4.78 is 57.5. The van der Waals surface area contributed by atoms with Crippen LogP contribution < -0.4 is 5.32 Å². The van der Waals surface area contributed by atoms with Gasteiger partial charge in [0, 0.05) is 22.8 Å². The van der Waals surface area contributed by atoms with Gasteiger partial charge in [-0.1, -0.05) is 5.16 Å². The minimum atomic E-state index is -4.70. The number of anilines is 1. The Morgan fingerprint density at radius 3 is 2.60 bits per heavy atom. The van der Waals surface area contributed by atoms with E-state index in [1.165, 1.54) is 18.5 Å². The summed E-state index contributed by atoms with van der Waals surface area (Å²) in [6.07, 6.45) is -2.01. The van der Waals surface area contributed by atoms with Crippen molar-refractivity contribution in [3.8, 4) is 11.4 Å². The maximum Gasteiger partial charge on any atom is 0.416 e. The standard InChI is InChI=1S/C20H12F4N4O2/c1-10-16(9-26-30-10)19(29)27-15-3-2-11-8-25-18(28-17(11)7-15)12-4-13(20(22,23)24)6-14(21)5-12/h2-9H,1H3,(H,27,29). The smallest absolute Gasteiger partial charge is 0.361 e. The van der Waals surface area contributed by atoms with Gasteiger partial charge >= 0.3 is 6.18 Å². The van der Waals surface area contributed by atoms with Crippen LogP contribution in [0.15, 0.2) is 53.3 Å². The van der Waals surface area contributed by atoms with Gasteiger partial charge < -0.3 is 9.84 Å². The Kier molecular flexibility index (Phi) is 4.69. The van der Waals surface area contributed by atoms with Crippen LogP contribution in [0.2, 0.25) is 0 Å². The summed E-state index contributed by atoms with van der Waals surface area (Å²) in [5, 5.41) is 6.80. The summed E-state index contributed by atoms with van der Waals surface area (Å²) >= 11 is 0. The molecular formula is C20H12F4N4O2. The minimum Gasteiger partial charge on any atom is -0.361 e. The molecule has 0 aliphatic heterocycles. The summed E-state index contributed by atoms with van der Waals surface area (Å²) in [4.78, 5) is 20.6. The molecule has 2 aromatic heterocycles. The highest BCUT2D eigenvalue weighted by Gasteiger charge is 2.31. The fraction of sp³-hybridized carbons (Fsp3) is 0.100. The summed E-state index contributed by atoms with van der Waals surface area (Å²) in [6, 6.07) is 6.91. The molecular weight excluding hydrogens is 404 g/mol. The molecule has 1 N–H and O–H groups in total. The van der Waals surface area contributed by atoms with E-state index in [1.807, 2.05) is 0 Å². The lowest BCUT2D eigenvalue weighted by Crippen LogP contribution is -2.12. The van der Waals surface area contributed by atoms with E-state index in [2.05, 4.69) is 20.4 Å². The number of carbonyl (C=O) groups excluding carboxylic acids is 1.